The van der Waals surface area contributed by atoms with E-state index in [0.29, 0.717) is 0 Å². The van der Waals surface area contributed by atoms with Crippen LogP contribution in [0.1, 0.15) is 37.8 Å². The number of anilines is 1. The van der Waals surface area contributed by atoms with Crippen molar-refractivity contribution in [2.24, 2.45) is 0 Å². The Bertz CT molecular complexity index is 2230. The Hall–Kier alpha value is -3.95. The number of fused-ring (bicyclic) bond motifs is 4. The van der Waals surface area contributed by atoms with Gasteiger partial charge >= 0.3 is 0 Å². The zero-order valence-electron chi connectivity index (χ0n) is 26.4. The molecule has 1 aliphatic rings. The topological polar surface area (TPSA) is 64.3 Å². The van der Waals surface area contributed by atoms with Gasteiger partial charge in [0.1, 0.15) is 21.4 Å². The molecule has 6 aromatic rings. The number of nitrogens with zero attached hydrogens (tertiary/aromatic N) is 2. The van der Waals surface area contributed by atoms with Gasteiger partial charge in [-0.25, -0.2) is 8.42 Å². The fraction of sp³-hybridized carbons (Fsp3) is 0.184. The molecule has 0 fully saturated rings. The molecule has 234 valence electrons. The lowest BCUT2D eigenvalue weighted by molar-refractivity contribution is -0.665. The largest absolute Gasteiger partial charge is 0.744 e. The van der Waals surface area contributed by atoms with E-state index >= 15 is 0 Å². The highest BCUT2D eigenvalue weighted by atomic mass is 32.2. The van der Waals surface area contributed by atoms with E-state index in [1.165, 1.54) is 70.1 Å². The first-order valence-electron chi connectivity index (χ1n) is 15.5. The fourth-order valence-electron chi connectivity index (χ4n) is 5.71. The number of benzene rings is 5. The summed E-state index contributed by atoms with van der Waals surface area (Å²) in [6.45, 7) is 10.5. The summed E-state index contributed by atoms with van der Waals surface area (Å²) in [5.74, 6) is 0. The molecule has 0 bridgehead atoms. The number of hydrogen-bond acceptors (Lipinski definition) is 6. The fourth-order valence-corrected chi connectivity index (χ4v) is 8.64. The van der Waals surface area contributed by atoms with Crippen molar-refractivity contribution in [3.63, 3.8) is 0 Å². The minimum Gasteiger partial charge on any atom is -0.744 e. The van der Waals surface area contributed by atoms with Gasteiger partial charge in [-0.3, -0.25) is 0 Å². The zero-order chi connectivity index (χ0) is 32.4. The van der Waals surface area contributed by atoms with Gasteiger partial charge in [-0.2, -0.15) is 4.57 Å². The van der Waals surface area contributed by atoms with Crippen molar-refractivity contribution in [3.05, 3.63) is 124 Å². The molecule has 0 saturated heterocycles. The van der Waals surface area contributed by atoms with E-state index < -0.39 is 10.1 Å². The summed E-state index contributed by atoms with van der Waals surface area (Å²) in [6.07, 6.45) is 5.80. The number of allylic oxidation sites excluding steroid dienone is 2. The first-order chi connectivity index (χ1) is 22.2. The highest BCUT2D eigenvalue weighted by Gasteiger charge is 2.25. The molecule has 2 heterocycles. The van der Waals surface area contributed by atoms with E-state index in [-0.39, 0.29) is 4.90 Å². The molecule has 5 aromatic carbocycles. The molecule has 0 spiro atoms. The van der Waals surface area contributed by atoms with Crippen LogP contribution in [0.2, 0.25) is 0 Å². The average molecular weight is 665 g/mol. The lowest BCUT2D eigenvalue weighted by atomic mass is 10.1. The van der Waals surface area contributed by atoms with Crippen LogP contribution in [0.5, 0.6) is 0 Å². The molecular weight excluding hydrogens is 629 g/mol. The number of aryl methyl sites for hydroxylation is 2. The van der Waals surface area contributed by atoms with E-state index in [4.69, 9.17) is 0 Å². The third-order valence-corrected chi connectivity index (χ3v) is 11.2. The van der Waals surface area contributed by atoms with Crippen molar-refractivity contribution in [2.75, 3.05) is 11.4 Å². The van der Waals surface area contributed by atoms with Gasteiger partial charge < -0.3 is 9.45 Å². The van der Waals surface area contributed by atoms with Crippen LogP contribution in [0.4, 0.5) is 5.69 Å². The molecule has 0 N–H and O–H groups in total. The Kier molecular flexibility index (Phi) is 9.34. The highest BCUT2D eigenvalue weighted by molar-refractivity contribution is 8.03. The van der Waals surface area contributed by atoms with Crippen molar-refractivity contribution in [1.29, 1.82) is 0 Å². The van der Waals surface area contributed by atoms with Crippen LogP contribution >= 0.6 is 23.1 Å². The molecule has 1 aromatic heterocycles. The summed E-state index contributed by atoms with van der Waals surface area (Å²) < 4.78 is 35.0. The number of thiazole rings is 1. The SMILES string of the molecule is CCC(/C=C1\Sc2cc3ccccc3cc2N1CC)=C\c1sc2cc3ccccc3cc2[n+]1CC.Cc1ccc(S(=O)(=O)[O-])cc1. The van der Waals surface area contributed by atoms with Crippen molar-refractivity contribution in [1.82, 2.24) is 0 Å². The van der Waals surface area contributed by atoms with Crippen LogP contribution in [0.25, 0.3) is 37.8 Å². The van der Waals surface area contributed by atoms with Gasteiger partial charge in [0, 0.05) is 23.6 Å². The maximum absolute atomic E-state index is 10.4. The maximum atomic E-state index is 10.4. The monoisotopic (exact) mass is 664 g/mol. The molecule has 7 rings (SSSR count). The minimum absolute atomic E-state index is 0.178. The molecule has 0 radical (unpaired) electrons. The van der Waals surface area contributed by atoms with E-state index in [0.717, 1.165) is 25.1 Å². The molecule has 5 nitrogen and oxygen atoms in total. The van der Waals surface area contributed by atoms with Gasteiger partial charge in [-0.1, -0.05) is 96.2 Å². The maximum Gasteiger partial charge on any atom is 0.263 e. The third-order valence-electron chi connectivity index (χ3n) is 8.17. The van der Waals surface area contributed by atoms with E-state index in [1.54, 1.807) is 12.1 Å². The Morgan fingerprint density at radius 1 is 0.848 bits per heavy atom. The Morgan fingerprint density at radius 2 is 1.46 bits per heavy atom. The first-order valence-corrected chi connectivity index (χ1v) is 18.5. The van der Waals surface area contributed by atoms with Gasteiger partial charge in [0.25, 0.3) is 5.01 Å². The second-order valence-corrected chi connectivity index (χ2v) is 14.7. The van der Waals surface area contributed by atoms with Gasteiger partial charge in [0.15, 0.2) is 0 Å². The number of hydrogen-bond donors (Lipinski definition) is 0. The summed E-state index contributed by atoms with van der Waals surface area (Å²) in [7, 11) is -4.27. The molecule has 46 heavy (non-hydrogen) atoms. The molecule has 0 unspecified atom stereocenters. The summed E-state index contributed by atoms with van der Waals surface area (Å²) >= 11 is 3.79. The molecule has 0 amide bonds. The molecule has 0 saturated carbocycles. The van der Waals surface area contributed by atoms with Crippen LogP contribution in [-0.4, -0.2) is 19.5 Å². The second kappa shape index (κ2) is 13.4. The Labute approximate surface area is 279 Å². The summed E-state index contributed by atoms with van der Waals surface area (Å²) in [4.78, 5) is 3.63. The van der Waals surface area contributed by atoms with Crippen LogP contribution in [0.15, 0.2) is 124 Å². The number of thioether (sulfide) groups is 1. The minimum atomic E-state index is -4.27. The van der Waals surface area contributed by atoms with Crippen LogP contribution in [0.3, 0.4) is 0 Å². The van der Waals surface area contributed by atoms with Gasteiger partial charge in [-0.05, 0) is 90.7 Å². The highest BCUT2D eigenvalue weighted by Crippen LogP contribution is 2.48. The van der Waals surface area contributed by atoms with Crippen molar-refractivity contribution >= 4 is 76.7 Å². The number of rotatable bonds is 6. The smallest absolute Gasteiger partial charge is 0.263 e. The molecule has 8 heteroatoms. The molecule has 0 aliphatic carbocycles. The van der Waals surface area contributed by atoms with Crippen molar-refractivity contribution < 1.29 is 17.5 Å². The first kappa shape index (κ1) is 32.0. The summed E-state index contributed by atoms with van der Waals surface area (Å²) in [5, 5.41) is 7.87. The standard InChI is InChI=1S/C31H29N2S2.C7H8O3S/c1-4-21(15-30-32(5-2)26-17-22-11-7-9-13-24(22)19-28(26)34-30)16-31-33(6-3)27-18-23-12-8-10-14-25(23)20-29(27)35-31;1-6-2-4-7(5-3-6)11(8,9)10/h7-20H,4-6H2,1-3H3;2-5H,1H3,(H,8,9,10)/q+1;/p-1. The Balaban J connectivity index is 0.000000288. The normalized spacial score (nSPS) is 14.2. The lowest BCUT2D eigenvalue weighted by Gasteiger charge is -2.18. The average Bonchev–Trinajstić information content (AvgIpc) is 3.57. The predicted octanol–water partition coefficient (Wildman–Crippen LogP) is 9.68. The predicted molar refractivity (Wildman–Crippen MR) is 194 cm³/mol. The van der Waals surface area contributed by atoms with Gasteiger partial charge in [-0.15, -0.1) is 0 Å². The molecule has 1 aliphatic heterocycles. The van der Waals surface area contributed by atoms with E-state index in [1.807, 2.05) is 30.0 Å². The number of aromatic nitrogens is 1. The summed E-state index contributed by atoms with van der Waals surface area (Å²) in [6, 6.07) is 32.5. The van der Waals surface area contributed by atoms with Crippen LogP contribution in [0, 0.1) is 6.92 Å². The van der Waals surface area contributed by atoms with Crippen molar-refractivity contribution in [2.45, 2.75) is 50.5 Å². The molecule has 0 atom stereocenters. The zero-order valence-corrected chi connectivity index (χ0v) is 28.8. The summed E-state index contributed by atoms with van der Waals surface area (Å²) in [5.41, 5.74) is 4.95. The van der Waals surface area contributed by atoms with E-state index in [9.17, 15) is 13.0 Å². The third kappa shape index (κ3) is 6.62. The Morgan fingerprint density at radius 3 is 2.04 bits per heavy atom. The molecular formula is C38H36N2O3S3. The van der Waals surface area contributed by atoms with Gasteiger partial charge in [0.2, 0.25) is 5.52 Å². The quantitative estimate of drug-likeness (QED) is 0.131. The van der Waals surface area contributed by atoms with Gasteiger partial charge in [0.05, 0.1) is 15.6 Å². The lowest BCUT2D eigenvalue weighted by Crippen LogP contribution is -2.33. The van der Waals surface area contributed by atoms with Crippen LogP contribution < -0.4 is 9.47 Å². The van der Waals surface area contributed by atoms with Crippen molar-refractivity contribution in [3.8, 4) is 0 Å². The van der Waals surface area contributed by atoms with Crippen LogP contribution in [-0.2, 0) is 16.7 Å². The van der Waals surface area contributed by atoms with E-state index in [2.05, 4.69) is 115 Å². The second-order valence-electron chi connectivity index (χ2n) is 11.2.